The molecule has 0 spiro atoms. The molecule has 0 fully saturated rings. The summed E-state index contributed by atoms with van der Waals surface area (Å²) in [4.78, 5) is 0. The molecular weight excluding hydrogens is 269 g/mol. The summed E-state index contributed by atoms with van der Waals surface area (Å²) in [5.41, 5.74) is -2.32. The Hall–Kier alpha value is -1.45. The molecule has 0 radical (unpaired) electrons. The fraction of sp³-hybridized carbons (Fsp3) is 0.364. The zero-order valence-corrected chi connectivity index (χ0v) is 10.1. The van der Waals surface area contributed by atoms with Crippen molar-refractivity contribution in [3.63, 3.8) is 0 Å². The molecule has 98 valence electrons. The summed E-state index contributed by atoms with van der Waals surface area (Å²) >= 11 is 5.72. The van der Waals surface area contributed by atoms with Crippen molar-refractivity contribution in [3.05, 3.63) is 28.8 Å². The first-order valence-corrected chi connectivity index (χ1v) is 5.28. The average molecular weight is 279 g/mol. The fourth-order valence-corrected chi connectivity index (χ4v) is 1.31. The molecule has 0 aromatic heterocycles. The van der Waals surface area contributed by atoms with Crippen LogP contribution in [-0.4, -0.2) is 23.4 Å². The molecule has 0 aliphatic heterocycles. The summed E-state index contributed by atoms with van der Waals surface area (Å²) in [6.45, 7) is -0.0377. The number of alkyl halides is 3. The van der Waals surface area contributed by atoms with Gasteiger partial charge < -0.3 is 10.4 Å². The summed E-state index contributed by atoms with van der Waals surface area (Å²) < 4.78 is 37.1. The maximum Gasteiger partial charge on any atom is 0.418 e. The van der Waals surface area contributed by atoms with Crippen molar-refractivity contribution in [3.8, 4) is 6.07 Å². The number of nitrogens with zero attached hydrogens (tertiary/aromatic N) is 1. The number of hydrogen-bond acceptors (Lipinski definition) is 3. The van der Waals surface area contributed by atoms with E-state index in [-0.39, 0.29) is 10.6 Å². The molecule has 7 heteroatoms. The monoisotopic (exact) mass is 278 g/mol. The van der Waals surface area contributed by atoms with Crippen molar-refractivity contribution < 1.29 is 18.3 Å². The number of aliphatic hydroxyl groups is 1. The molecule has 1 aromatic carbocycles. The molecule has 0 saturated carbocycles. The summed E-state index contributed by atoms with van der Waals surface area (Å²) in [6.07, 6.45) is -4.73. The van der Waals surface area contributed by atoms with E-state index in [2.05, 4.69) is 5.32 Å². The van der Waals surface area contributed by atoms with Gasteiger partial charge in [0.2, 0.25) is 0 Å². The molecule has 1 atom stereocenters. The third kappa shape index (κ3) is 3.28. The van der Waals surface area contributed by atoms with Crippen LogP contribution in [0.15, 0.2) is 18.2 Å². The van der Waals surface area contributed by atoms with Gasteiger partial charge in [-0.05, 0) is 25.1 Å². The van der Waals surface area contributed by atoms with Gasteiger partial charge >= 0.3 is 6.18 Å². The fourth-order valence-electron chi connectivity index (χ4n) is 1.09. The van der Waals surface area contributed by atoms with Gasteiger partial charge in [0.1, 0.15) is 6.07 Å². The van der Waals surface area contributed by atoms with Crippen LogP contribution in [0.4, 0.5) is 18.9 Å². The topological polar surface area (TPSA) is 56.0 Å². The zero-order chi connectivity index (χ0) is 14.0. The summed E-state index contributed by atoms with van der Waals surface area (Å²) in [7, 11) is 0. The second-order valence-corrected chi connectivity index (χ2v) is 4.34. The van der Waals surface area contributed by atoms with Crippen LogP contribution in [-0.2, 0) is 0 Å². The van der Waals surface area contributed by atoms with Crippen molar-refractivity contribution in [1.82, 2.24) is 0 Å². The Morgan fingerprint density at radius 2 is 2.06 bits per heavy atom. The van der Waals surface area contributed by atoms with Crippen molar-refractivity contribution in [1.29, 1.82) is 5.26 Å². The predicted molar refractivity (Wildman–Crippen MR) is 61.3 cm³/mol. The van der Waals surface area contributed by atoms with Crippen LogP contribution in [0, 0.1) is 11.3 Å². The van der Waals surface area contributed by atoms with Crippen LogP contribution in [0.1, 0.15) is 12.5 Å². The lowest BCUT2D eigenvalue weighted by atomic mass is 10.1. The molecule has 3 nitrogen and oxygen atoms in total. The Bertz CT molecular complexity index is 480. The van der Waals surface area contributed by atoms with Gasteiger partial charge in [0, 0.05) is 5.69 Å². The SMILES string of the molecule is CC(O)(CNc1ccc(C#N)c(Cl)c1)C(F)(F)F. The summed E-state index contributed by atoms with van der Waals surface area (Å²) in [5, 5.41) is 20.4. The number of anilines is 1. The smallest absolute Gasteiger partial charge is 0.382 e. The predicted octanol–water partition coefficient (Wildman–Crippen LogP) is 2.94. The van der Waals surface area contributed by atoms with Crippen LogP contribution < -0.4 is 5.32 Å². The molecule has 0 saturated heterocycles. The Morgan fingerprint density at radius 3 is 2.50 bits per heavy atom. The molecular formula is C11H10ClF3N2O. The van der Waals surface area contributed by atoms with E-state index in [1.54, 1.807) is 0 Å². The lowest BCUT2D eigenvalue weighted by molar-refractivity contribution is -0.246. The van der Waals surface area contributed by atoms with Gasteiger partial charge in [0.25, 0.3) is 0 Å². The highest BCUT2D eigenvalue weighted by Gasteiger charge is 2.49. The van der Waals surface area contributed by atoms with E-state index in [1.807, 2.05) is 6.07 Å². The van der Waals surface area contributed by atoms with Crippen LogP contribution >= 0.6 is 11.6 Å². The molecule has 0 aliphatic rings. The molecule has 1 rings (SSSR count). The number of hydrogen-bond donors (Lipinski definition) is 2. The second kappa shape index (κ2) is 5.04. The number of rotatable bonds is 3. The maximum absolute atomic E-state index is 12.4. The lowest BCUT2D eigenvalue weighted by Crippen LogP contribution is -2.47. The Kier molecular flexibility index (Phi) is 4.09. The highest BCUT2D eigenvalue weighted by atomic mass is 35.5. The number of nitrogens with one attached hydrogen (secondary N) is 1. The molecule has 0 amide bonds. The van der Waals surface area contributed by atoms with Crippen LogP contribution in [0.2, 0.25) is 5.02 Å². The van der Waals surface area contributed by atoms with Crippen LogP contribution in [0.25, 0.3) is 0 Å². The van der Waals surface area contributed by atoms with E-state index in [0.29, 0.717) is 12.6 Å². The highest BCUT2D eigenvalue weighted by Crippen LogP contribution is 2.30. The quantitative estimate of drug-likeness (QED) is 0.894. The van der Waals surface area contributed by atoms with Crippen LogP contribution in [0.3, 0.4) is 0 Å². The molecule has 0 heterocycles. The first kappa shape index (κ1) is 14.6. The lowest BCUT2D eigenvalue weighted by Gasteiger charge is -2.26. The molecule has 0 bridgehead atoms. The van der Waals surface area contributed by atoms with E-state index in [4.69, 9.17) is 16.9 Å². The van der Waals surface area contributed by atoms with E-state index >= 15 is 0 Å². The number of nitriles is 1. The first-order chi connectivity index (χ1) is 8.17. The third-order valence-electron chi connectivity index (χ3n) is 2.34. The summed E-state index contributed by atoms with van der Waals surface area (Å²) in [5.74, 6) is 0. The van der Waals surface area contributed by atoms with E-state index in [0.717, 1.165) is 0 Å². The largest absolute Gasteiger partial charge is 0.418 e. The van der Waals surface area contributed by atoms with Crippen LogP contribution in [0.5, 0.6) is 0 Å². The zero-order valence-electron chi connectivity index (χ0n) is 9.35. The van der Waals surface area contributed by atoms with Gasteiger partial charge in [-0.3, -0.25) is 0 Å². The van der Waals surface area contributed by atoms with Gasteiger partial charge in [-0.25, -0.2) is 0 Å². The van der Waals surface area contributed by atoms with E-state index in [9.17, 15) is 18.3 Å². The standard InChI is InChI=1S/C11H10ClF3N2O/c1-10(18,11(13,14)15)6-17-8-3-2-7(5-16)9(12)4-8/h2-4,17-18H,6H2,1H3. The summed E-state index contributed by atoms with van der Waals surface area (Å²) in [6, 6.07) is 5.95. The third-order valence-corrected chi connectivity index (χ3v) is 2.65. The Balaban J connectivity index is 2.77. The van der Waals surface area contributed by atoms with Gasteiger partial charge in [0.15, 0.2) is 5.60 Å². The number of benzene rings is 1. The van der Waals surface area contributed by atoms with Gasteiger partial charge in [-0.1, -0.05) is 11.6 Å². The van der Waals surface area contributed by atoms with E-state index in [1.165, 1.54) is 18.2 Å². The maximum atomic E-state index is 12.4. The van der Waals surface area contributed by atoms with Crippen molar-refractivity contribution in [2.75, 3.05) is 11.9 Å². The normalized spacial score (nSPS) is 14.7. The molecule has 18 heavy (non-hydrogen) atoms. The van der Waals surface area contributed by atoms with Crippen molar-refractivity contribution in [2.24, 2.45) is 0 Å². The number of halogens is 4. The average Bonchev–Trinajstić information content (AvgIpc) is 2.25. The molecule has 0 aliphatic carbocycles. The van der Waals surface area contributed by atoms with Gasteiger partial charge in [-0.15, -0.1) is 0 Å². The molecule has 2 N–H and O–H groups in total. The minimum Gasteiger partial charge on any atom is -0.382 e. The van der Waals surface area contributed by atoms with E-state index < -0.39 is 18.3 Å². The highest BCUT2D eigenvalue weighted by molar-refractivity contribution is 6.32. The first-order valence-electron chi connectivity index (χ1n) is 4.90. The Morgan fingerprint density at radius 1 is 1.44 bits per heavy atom. The van der Waals surface area contributed by atoms with Gasteiger partial charge in [0.05, 0.1) is 17.1 Å². The van der Waals surface area contributed by atoms with Crippen molar-refractivity contribution >= 4 is 17.3 Å². The van der Waals surface area contributed by atoms with Gasteiger partial charge in [-0.2, -0.15) is 18.4 Å². The minimum absolute atomic E-state index is 0.133. The molecule has 1 aromatic rings. The minimum atomic E-state index is -4.73. The van der Waals surface area contributed by atoms with Crippen molar-refractivity contribution in [2.45, 2.75) is 18.7 Å². The second-order valence-electron chi connectivity index (χ2n) is 3.93. The Labute approximate surface area is 107 Å². The molecule has 1 unspecified atom stereocenters.